The molecule has 0 amide bonds. The Morgan fingerprint density at radius 2 is 1.89 bits per heavy atom. The smallest absolute Gasteiger partial charge is 0.453 e. The molecule has 0 aliphatic carbocycles. The van der Waals surface area contributed by atoms with E-state index < -0.39 is 23.1 Å². The predicted molar refractivity (Wildman–Crippen MR) is 99.4 cm³/mol. The van der Waals surface area contributed by atoms with Crippen molar-refractivity contribution in [3.63, 3.8) is 0 Å². The molecule has 0 saturated heterocycles. The molecule has 2 aromatic carbocycles. The molecule has 3 rings (SSSR count). The zero-order valence-electron chi connectivity index (χ0n) is 14.8. The Morgan fingerprint density at radius 1 is 1.14 bits per heavy atom. The number of benzene rings is 2. The molecule has 1 aromatic heterocycles. The van der Waals surface area contributed by atoms with E-state index in [1.54, 1.807) is 6.07 Å². The van der Waals surface area contributed by atoms with Gasteiger partial charge in [-0.15, -0.1) is 0 Å². The summed E-state index contributed by atoms with van der Waals surface area (Å²) in [5, 5.41) is 0.00712. The fraction of sp³-hybridized carbons (Fsp3) is 0.250. The average molecular weight is 413 g/mol. The van der Waals surface area contributed by atoms with E-state index in [1.807, 2.05) is 6.92 Å². The first-order valence-corrected chi connectivity index (χ1v) is 8.92. The summed E-state index contributed by atoms with van der Waals surface area (Å²) in [7, 11) is 0. The van der Waals surface area contributed by atoms with Crippen LogP contribution in [-0.4, -0.2) is 6.61 Å². The van der Waals surface area contributed by atoms with Gasteiger partial charge in [-0.05, 0) is 30.7 Å². The molecule has 0 bridgehead atoms. The van der Waals surface area contributed by atoms with Gasteiger partial charge in [-0.1, -0.05) is 37.1 Å². The lowest BCUT2D eigenvalue weighted by atomic mass is 10.2. The second kappa shape index (κ2) is 8.14. The minimum absolute atomic E-state index is 0.0575. The zero-order chi connectivity index (χ0) is 20.3. The molecule has 8 heteroatoms. The van der Waals surface area contributed by atoms with Gasteiger partial charge in [0.25, 0.3) is 5.76 Å². The molecule has 3 aromatic rings. The van der Waals surface area contributed by atoms with E-state index in [4.69, 9.17) is 25.5 Å². The number of hydrogen-bond acceptors (Lipinski definition) is 4. The van der Waals surface area contributed by atoms with Gasteiger partial charge in [0.05, 0.1) is 17.0 Å². The molecule has 0 aliphatic rings. The van der Waals surface area contributed by atoms with Crippen LogP contribution < -0.4 is 14.9 Å². The molecule has 148 valence electrons. The number of alkyl halides is 3. The molecule has 0 atom stereocenters. The van der Waals surface area contributed by atoms with Crippen LogP contribution in [0.15, 0.2) is 51.7 Å². The van der Waals surface area contributed by atoms with E-state index in [2.05, 4.69) is 0 Å². The topological polar surface area (TPSA) is 48.7 Å². The van der Waals surface area contributed by atoms with E-state index in [9.17, 15) is 18.0 Å². The molecule has 0 fully saturated rings. The molecule has 0 radical (unpaired) electrons. The summed E-state index contributed by atoms with van der Waals surface area (Å²) >= 11 is 5.94. The lowest BCUT2D eigenvalue weighted by Crippen LogP contribution is -2.15. The fourth-order valence-corrected chi connectivity index (χ4v) is 2.67. The van der Waals surface area contributed by atoms with E-state index in [-0.39, 0.29) is 21.7 Å². The lowest BCUT2D eigenvalue weighted by Gasteiger charge is -2.14. The number of halogens is 4. The van der Waals surface area contributed by atoms with Crippen LogP contribution in [0.3, 0.4) is 0 Å². The van der Waals surface area contributed by atoms with Crippen molar-refractivity contribution in [3.05, 3.63) is 63.5 Å². The first-order valence-electron chi connectivity index (χ1n) is 8.54. The standard InChI is InChI=1S/C20H16ClF3O4/c1-2-3-10-26-12-8-9-13-16(11-12)28-19(20(22,23)24)18(17(13)25)27-15-7-5-4-6-14(15)21/h4-9,11H,2-3,10H2,1H3. The van der Waals surface area contributed by atoms with Crippen molar-refractivity contribution in [2.45, 2.75) is 25.9 Å². The molecule has 0 spiro atoms. The summed E-state index contributed by atoms with van der Waals surface area (Å²) in [5.41, 5.74) is -1.19. The van der Waals surface area contributed by atoms with Gasteiger partial charge in [-0.3, -0.25) is 4.79 Å². The molecular formula is C20H16ClF3O4. The van der Waals surface area contributed by atoms with Crippen molar-refractivity contribution in [2.24, 2.45) is 0 Å². The van der Waals surface area contributed by atoms with Crippen molar-refractivity contribution in [2.75, 3.05) is 6.61 Å². The number of unbranched alkanes of at least 4 members (excludes halogenated alkanes) is 1. The van der Waals surface area contributed by atoms with Crippen molar-refractivity contribution < 1.29 is 27.1 Å². The lowest BCUT2D eigenvalue weighted by molar-refractivity contribution is -0.154. The van der Waals surface area contributed by atoms with Crippen LogP contribution in [0.2, 0.25) is 5.02 Å². The van der Waals surface area contributed by atoms with E-state index in [0.717, 1.165) is 12.8 Å². The minimum Gasteiger partial charge on any atom is -0.493 e. The molecule has 1 heterocycles. The SMILES string of the molecule is CCCCOc1ccc2c(=O)c(Oc3ccccc3Cl)c(C(F)(F)F)oc2c1. The first kappa shape index (κ1) is 20.1. The number of ether oxygens (including phenoxy) is 2. The van der Waals surface area contributed by atoms with Crippen molar-refractivity contribution in [1.82, 2.24) is 0 Å². The molecule has 0 aliphatic heterocycles. The maximum atomic E-state index is 13.5. The highest BCUT2D eigenvalue weighted by molar-refractivity contribution is 6.32. The van der Waals surface area contributed by atoms with Gasteiger partial charge >= 0.3 is 6.18 Å². The molecule has 0 saturated carbocycles. The number of fused-ring (bicyclic) bond motifs is 1. The van der Waals surface area contributed by atoms with Crippen LogP contribution >= 0.6 is 11.6 Å². The molecule has 28 heavy (non-hydrogen) atoms. The van der Waals surface area contributed by atoms with Crippen LogP contribution in [0.4, 0.5) is 13.2 Å². The molecule has 4 nitrogen and oxygen atoms in total. The summed E-state index contributed by atoms with van der Waals surface area (Å²) in [6.07, 6.45) is -3.24. The number of rotatable bonds is 6. The predicted octanol–water partition coefficient (Wildman–Crippen LogP) is 6.44. The van der Waals surface area contributed by atoms with Crippen LogP contribution in [0.5, 0.6) is 17.2 Å². The van der Waals surface area contributed by atoms with E-state index >= 15 is 0 Å². The quantitative estimate of drug-likeness (QED) is 0.437. The Hall–Kier alpha value is -2.67. The highest BCUT2D eigenvalue weighted by Gasteiger charge is 2.40. The molecule has 0 unspecified atom stereocenters. The number of para-hydroxylation sites is 1. The van der Waals surface area contributed by atoms with Crippen molar-refractivity contribution in [3.8, 4) is 17.2 Å². The third-order valence-corrected chi connectivity index (χ3v) is 4.21. The fourth-order valence-electron chi connectivity index (χ4n) is 2.50. The highest BCUT2D eigenvalue weighted by Crippen LogP contribution is 2.39. The van der Waals surface area contributed by atoms with Gasteiger partial charge in [-0.2, -0.15) is 13.2 Å². The Labute approximate surface area is 163 Å². The molecule has 0 N–H and O–H groups in total. The molecular weight excluding hydrogens is 397 g/mol. The Morgan fingerprint density at radius 3 is 2.57 bits per heavy atom. The highest BCUT2D eigenvalue weighted by atomic mass is 35.5. The maximum Gasteiger partial charge on any atom is 0.453 e. The third-order valence-electron chi connectivity index (χ3n) is 3.89. The second-order valence-corrected chi connectivity index (χ2v) is 6.39. The normalized spacial score (nSPS) is 11.6. The van der Waals surface area contributed by atoms with Crippen molar-refractivity contribution >= 4 is 22.6 Å². The van der Waals surface area contributed by atoms with Gasteiger partial charge in [0.15, 0.2) is 0 Å². The first-order chi connectivity index (χ1) is 13.3. The van der Waals surface area contributed by atoms with Gasteiger partial charge in [0.2, 0.25) is 11.2 Å². The van der Waals surface area contributed by atoms with Crippen LogP contribution in [0.25, 0.3) is 11.0 Å². The van der Waals surface area contributed by atoms with Crippen molar-refractivity contribution in [1.29, 1.82) is 0 Å². The summed E-state index contributed by atoms with van der Waals surface area (Å²) < 4.78 is 56.3. The maximum absolute atomic E-state index is 13.5. The van der Waals surface area contributed by atoms with Gasteiger partial charge in [0.1, 0.15) is 17.1 Å². The third kappa shape index (κ3) is 4.25. The summed E-state index contributed by atoms with van der Waals surface area (Å²) in [4.78, 5) is 12.7. The largest absolute Gasteiger partial charge is 0.493 e. The second-order valence-electron chi connectivity index (χ2n) is 5.98. The monoisotopic (exact) mass is 412 g/mol. The minimum atomic E-state index is -4.94. The summed E-state index contributed by atoms with van der Waals surface area (Å²) in [6, 6.07) is 10.0. The average Bonchev–Trinajstić information content (AvgIpc) is 2.64. The Bertz CT molecular complexity index is 1040. The van der Waals surface area contributed by atoms with Gasteiger partial charge in [-0.25, -0.2) is 0 Å². The summed E-state index contributed by atoms with van der Waals surface area (Å²) in [5.74, 6) is -2.26. The van der Waals surface area contributed by atoms with Crippen LogP contribution in [-0.2, 0) is 6.18 Å². The zero-order valence-corrected chi connectivity index (χ0v) is 15.6. The van der Waals surface area contributed by atoms with Gasteiger partial charge < -0.3 is 13.9 Å². The van der Waals surface area contributed by atoms with E-state index in [0.29, 0.717) is 12.4 Å². The van der Waals surface area contributed by atoms with Crippen LogP contribution in [0, 0.1) is 0 Å². The Kier molecular flexibility index (Phi) is 5.84. The Balaban J connectivity index is 2.12. The number of hydrogen-bond donors (Lipinski definition) is 0. The summed E-state index contributed by atoms with van der Waals surface area (Å²) in [6.45, 7) is 2.39. The van der Waals surface area contributed by atoms with E-state index in [1.165, 1.54) is 36.4 Å². The van der Waals surface area contributed by atoms with Gasteiger partial charge in [0, 0.05) is 6.07 Å². The van der Waals surface area contributed by atoms with Crippen LogP contribution in [0.1, 0.15) is 25.5 Å².